The molecule has 3 N–H and O–H groups in total. The van der Waals surface area contributed by atoms with Gasteiger partial charge in [-0.2, -0.15) is 4.98 Å². The lowest BCUT2D eigenvalue weighted by molar-refractivity contribution is 0.927. The minimum absolute atomic E-state index is 0.147. The molecule has 118 valence electrons. The van der Waals surface area contributed by atoms with Crippen molar-refractivity contribution in [3.05, 3.63) is 52.2 Å². The molecule has 0 saturated heterocycles. The van der Waals surface area contributed by atoms with Crippen LogP contribution in [-0.4, -0.2) is 26.5 Å². The Hall–Kier alpha value is -2.96. The van der Waals surface area contributed by atoms with Gasteiger partial charge in [0.2, 0.25) is 5.95 Å². The molecule has 0 amide bonds. The van der Waals surface area contributed by atoms with Gasteiger partial charge in [0.15, 0.2) is 0 Å². The van der Waals surface area contributed by atoms with Crippen LogP contribution in [0.5, 0.6) is 0 Å². The molecule has 0 aliphatic heterocycles. The smallest absolute Gasteiger partial charge is 0.258 e. The predicted molar refractivity (Wildman–Crippen MR) is 90.6 cm³/mol. The average Bonchev–Trinajstić information content (AvgIpc) is 2.53. The summed E-state index contributed by atoms with van der Waals surface area (Å²) in [7, 11) is 0. The average molecular weight is 310 g/mol. The van der Waals surface area contributed by atoms with Crippen molar-refractivity contribution < 1.29 is 0 Å². The molecule has 3 rings (SSSR count). The van der Waals surface area contributed by atoms with Crippen LogP contribution >= 0.6 is 0 Å². The third kappa shape index (κ3) is 3.45. The number of anilines is 2. The molecule has 23 heavy (non-hydrogen) atoms. The Morgan fingerprint density at radius 1 is 1.13 bits per heavy atom. The lowest BCUT2D eigenvalue weighted by Gasteiger charge is -2.09. The topological polar surface area (TPSA) is 95.6 Å². The monoisotopic (exact) mass is 310 g/mol. The van der Waals surface area contributed by atoms with E-state index in [0.717, 1.165) is 18.1 Å². The zero-order chi connectivity index (χ0) is 16.2. The number of aryl methyl sites for hydroxylation is 1. The summed E-state index contributed by atoms with van der Waals surface area (Å²) < 4.78 is 0. The van der Waals surface area contributed by atoms with Gasteiger partial charge in [-0.1, -0.05) is 12.1 Å². The molecule has 0 bridgehead atoms. The van der Waals surface area contributed by atoms with Gasteiger partial charge in [-0.15, -0.1) is 0 Å². The Bertz CT molecular complexity index is 889. The van der Waals surface area contributed by atoms with Crippen LogP contribution in [0, 0.1) is 6.92 Å². The maximum atomic E-state index is 12.0. The summed E-state index contributed by atoms with van der Waals surface area (Å²) in [5.74, 6) is 1.81. The molecule has 7 heteroatoms. The van der Waals surface area contributed by atoms with E-state index in [1.165, 1.54) is 0 Å². The van der Waals surface area contributed by atoms with Crippen molar-refractivity contribution in [1.29, 1.82) is 0 Å². The van der Waals surface area contributed by atoms with Crippen LogP contribution in [0.4, 0.5) is 11.8 Å². The van der Waals surface area contributed by atoms with Crippen LogP contribution in [0.1, 0.15) is 18.4 Å². The fraction of sp³-hybridized carbons (Fsp3) is 0.250. The molecule has 0 spiro atoms. The molecule has 0 atom stereocenters. The van der Waals surface area contributed by atoms with Crippen LogP contribution in [0.2, 0.25) is 0 Å². The van der Waals surface area contributed by atoms with Crippen LogP contribution in [0.25, 0.3) is 10.9 Å². The first kappa shape index (κ1) is 15.0. The minimum Gasteiger partial charge on any atom is -0.370 e. The van der Waals surface area contributed by atoms with E-state index in [9.17, 15) is 4.79 Å². The van der Waals surface area contributed by atoms with Crippen molar-refractivity contribution in [3.63, 3.8) is 0 Å². The van der Waals surface area contributed by atoms with E-state index in [1.54, 1.807) is 6.07 Å². The second kappa shape index (κ2) is 6.43. The third-order valence-corrected chi connectivity index (χ3v) is 3.29. The number of H-pyrrole nitrogens is 1. The molecule has 3 aromatic rings. The quantitative estimate of drug-likeness (QED) is 0.667. The highest BCUT2D eigenvalue weighted by Crippen LogP contribution is 2.10. The van der Waals surface area contributed by atoms with Gasteiger partial charge in [-0.25, -0.2) is 9.97 Å². The molecular formula is C16H18N6O. The Morgan fingerprint density at radius 3 is 2.78 bits per heavy atom. The predicted octanol–water partition coefficient (Wildman–Crippen LogP) is 2.07. The van der Waals surface area contributed by atoms with E-state index in [0.29, 0.717) is 29.2 Å². The Kier molecular flexibility index (Phi) is 4.18. The maximum Gasteiger partial charge on any atom is 0.258 e. The molecule has 2 aromatic heterocycles. The number of fused-ring (bicyclic) bond motifs is 1. The standard InChI is InChI=1S/C16H18N6O/c1-3-17-13-8-10(2)19-16(22-13)18-9-14-20-12-7-5-4-6-11(12)15(23)21-14/h4-8H,3,9H2,1-2H3,(H,20,21,23)(H2,17,18,19,22). The highest BCUT2D eigenvalue weighted by Gasteiger charge is 2.05. The van der Waals surface area contributed by atoms with Crippen LogP contribution in [0.3, 0.4) is 0 Å². The molecule has 0 radical (unpaired) electrons. The Balaban J connectivity index is 1.82. The lowest BCUT2D eigenvalue weighted by Crippen LogP contribution is -2.15. The number of benzene rings is 1. The second-order valence-corrected chi connectivity index (χ2v) is 5.13. The number of nitrogens with one attached hydrogen (secondary N) is 3. The number of nitrogens with zero attached hydrogens (tertiary/aromatic N) is 3. The van der Waals surface area contributed by atoms with Crippen molar-refractivity contribution in [2.45, 2.75) is 20.4 Å². The van der Waals surface area contributed by atoms with Crippen molar-refractivity contribution in [2.24, 2.45) is 0 Å². The Labute approximate surface area is 133 Å². The summed E-state index contributed by atoms with van der Waals surface area (Å²) in [6, 6.07) is 9.13. The van der Waals surface area contributed by atoms with Crippen molar-refractivity contribution in [1.82, 2.24) is 19.9 Å². The van der Waals surface area contributed by atoms with Gasteiger partial charge in [0, 0.05) is 18.3 Å². The highest BCUT2D eigenvalue weighted by atomic mass is 16.1. The van der Waals surface area contributed by atoms with Gasteiger partial charge >= 0.3 is 0 Å². The normalized spacial score (nSPS) is 10.7. The fourth-order valence-electron chi connectivity index (χ4n) is 2.30. The number of aromatic amines is 1. The van der Waals surface area contributed by atoms with Crippen molar-refractivity contribution in [2.75, 3.05) is 17.2 Å². The molecular weight excluding hydrogens is 292 g/mol. The third-order valence-electron chi connectivity index (χ3n) is 3.29. The molecule has 7 nitrogen and oxygen atoms in total. The van der Waals surface area contributed by atoms with Crippen LogP contribution in [0.15, 0.2) is 35.1 Å². The zero-order valence-electron chi connectivity index (χ0n) is 13.1. The largest absolute Gasteiger partial charge is 0.370 e. The highest BCUT2D eigenvalue weighted by molar-refractivity contribution is 5.77. The Morgan fingerprint density at radius 2 is 1.96 bits per heavy atom. The summed E-state index contributed by atoms with van der Waals surface area (Å²) in [6.45, 7) is 5.04. The van der Waals surface area contributed by atoms with E-state index < -0.39 is 0 Å². The second-order valence-electron chi connectivity index (χ2n) is 5.13. The molecule has 0 aliphatic rings. The number of para-hydroxylation sites is 1. The molecule has 1 aromatic carbocycles. The van der Waals surface area contributed by atoms with E-state index in [2.05, 4.69) is 30.6 Å². The van der Waals surface area contributed by atoms with Gasteiger partial charge in [-0.05, 0) is 26.0 Å². The summed E-state index contributed by atoms with van der Waals surface area (Å²) >= 11 is 0. The maximum absolute atomic E-state index is 12.0. The van der Waals surface area contributed by atoms with E-state index in [1.807, 2.05) is 38.1 Å². The SMILES string of the molecule is CCNc1cc(C)nc(NCc2nc3ccccc3c(=O)[nH]2)n1. The number of hydrogen-bond acceptors (Lipinski definition) is 6. The molecule has 0 aliphatic carbocycles. The molecule has 2 heterocycles. The first-order chi connectivity index (χ1) is 11.2. The fourth-order valence-corrected chi connectivity index (χ4v) is 2.30. The summed E-state index contributed by atoms with van der Waals surface area (Å²) in [5, 5.41) is 6.83. The van der Waals surface area contributed by atoms with E-state index in [-0.39, 0.29) is 5.56 Å². The van der Waals surface area contributed by atoms with Gasteiger partial charge < -0.3 is 15.6 Å². The van der Waals surface area contributed by atoms with Gasteiger partial charge in [0.1, 0.15) is 11.6 Å². The number of hydrogen-bond donors (Lipinski definition) is 3. The molecule has 0 fully saturated rings. The number of rotatable bonds is 5. The first-order valence-corrected chi connectivity index (χ1v) is 7.47. The van der Waals surface area contributed by atoms with Crippen molar-refractivity contribution in [3.8, 4) is 0 Å². The first-order valence-electron chi connectivity index (χ1n) is 7.47. The summed E-state index contributed by atoms with van der Waals surface area (Å²) in [5.41, 5.74) is 1.39. The minimum atomic E-state index is -0.147. The summed E-state index contributed by atoms with van der Waals surface area (Å²) in [6.07, 6.45) is 0. The van der Waals surface area contributed by atoms with Gasteiger partial charge in [0.25, 0.3) is 5.56 Å². The molecule has 0 saturated carbocycles. The van der Waals surface area contributed by atoms with E-state index >= 15 is 0 Å². The summed E-state index contributed by atoms with van der Waals surface area (Å²) in [4.78, 5) is 28.0. The number of aromatic nitrogens is 4. The zero-order valence-corrected chi connectivity index (χ0v) is 13.1. The van der Waals surface area contributed by atoms with Crippen LogP contribution in [-0.2, 0) is 6.54 Å². The lowest BCUT2D eigenvalue weighted by atomic mass is 10.2. The van der Waals surface area contributed by atoms with E-state index in [4.69, 9.17) is 0 Å². The van der Waals surface area contributed by atoms with Crippen LogP contribution < -0.4 is 16.2 Å². The van der Waals surface area contributed by atoms with Gasteiger partial charge in [0.05, 0.1) is 17.4 Å². The molecule has 0 unspecified atom stereocenters. The van der Waals surface area contributed by atoms with Gasteiger partial charge in [-0.3, -0.25) is 4.79 Å². The van der Waals surface area contributed by atoms with Crippen molar-refractivity contribution >= 4 is 22.7 Å².